The minimum absolute atomic E-state index is 0. The lowest BCUT2D eigenvalue weighted by atomic mass is 10.2. The van der Waals surface area contributed by atoms with Crippen LogP contribution < -0.4 is 5.32 Å². The molecular formula is C17H24BrIN4O. The van der Waals surface area contributed by atoms with Gasteiger partial charge in [-0.25, -0.2) is 4.99 Å². The normalized spacial score (nSPS) is 11.1. The molecule has 5 nitrogen and oxygen atoms in total. The maximum atomic E-state index is 9.34. The van der Waals surface area contributed by atoms with E-state index >= 15 is 0 Å². The molecule has 2 rings (SSSR count). The van der Waals surface area contributed by atoms with Crippen LogP contribution >= 0.6 is 39.9 Å². The third-order valence-corrected chi connectivity index (χ3v) is 3.95. The van der Waals surface area contributed by atoms with Crippen molar-refractivity contribution >= 4 is 45.9 Å². The van der Waals surface area contributed by atoms with Crippen molar-refractivity contribution < 1.29 is 5.11 Å². The number of aromatic nitrogens is 1. The minimum atomic E-state index is 0. The molecule has 1 heterocycles. The van der Waals surface area contributed by atoms with E-state index in [1.807, 2.05) is 32.4 Å². The van der Waals surface area contributed by atoms with Crippen LogP contribution in [0.25, 0.3) is 0 Å². The zero-order chi connectivity index (χ0) is 16.8. The fourth-order valence-corrected chi connectivity index (χ4v) is 2.85. The molecule has 0 spiro atoms. The summed E-state index contributed by atoms with van der Waals surface area (Å²) >= 11 is 3.50. The van der Waals surface area contributed by atoms with E-state index in [1.165, 1.54) is 5.69 Å². The molecule has 0 saturated carbocycles. The number of aryl methyl sites for hydroxylation is 1. The predicted octanol–water partition coefficient (Wildman–Crippen LogP) is 3.71. The fourth-order valence-electron chi connectivity index (χ4n) is 2.28. The largest absolute Gasteiger partial charge is 0.508 e. The van der Waals surface area contributed by atoms with Gasteiger partial charge in [0.15, 0.2) is 5.96 Å². The van der Waals surface area contributed by atoms with Gasteiger partial charge in [0, 0.05) is 37.0 Å². The molecule has 0 atom stereocenters. The van der Waals surface area contributed by atoms with Crippen molar-refractivity contribution in [2.24, 2.45) is 12.0 Å². The van der Waals surface area contributed by atoms with Crippen molar-refractivity contribution in [1.82, 2.24) is 14.8 Å². The zero-order valence-electron chi connectivity index (χ0n) is 14.2. The molecule has 0 aliphatic heterocycles. The Morgan fingerprint density at radius 2 is 2.00 bits per heavy atom. The van der Waals surface area contributed by atoms with E-state index in [2.05, 4.69) is 48.7 Å². The van der Waals surface area contributed by atoms with Crippen molar-refractivity contribution in [3.8, 4) is 5.75 Å². The monoisotopic (exact) mass is 506 g/mol. The first-order valence-corrected chi connectivity index (χ1v) is 8.37. The van der Waals surface area contributed by atoms with Gasteiger partial charge < -0.3 is 19.9 Å². The number of benzene rings is 1. The van der Waals surface area contributed by atoms with Crippen molar-refractivity contribution in [3.63, 3.8) is 0 Å². The maximum Gasteiger partial charge on any atom is 0.194 e. The molecule has 0 unspecified atom stereocenters. The van der Waals surface area contributed by atoms with E-state index in [0.29, 0.717) is 6.54 Å². The summed E-state index contributed by atoms with van der Waals surface area (Å²) in [6.07, 6.45) is 2.05. The van der Waals surface area contributed by atoms with Crippen molar-refractivity contribution in [2.75, 3.05) is 13.6 Å². The Morgan fingerprint density at radius 1 is 1.33 bits per heavy atom. The Bertz CT molecular complexity index is 670. The third-order valence-electron chi connectivity index (χ3n) is 3.52. The number of phenolic OH excluding ortho intramolecular Hbond substituents is 1. The number of aliphatic imine (C=N–C) groups is 1. The van der Waals surface area contributed by atoms with Crippen molar-refractivity contribution in [3.05, 3.63) is 52.3 Å². The van der Waals surface area contributed by atoms with Crippen LogP contribution in [0.2, 0.25) is 0 Å². The number of nitrogens with zero attached hydrogens (tertiary/aromatic N) is 3. The van der Waals surface area contributed by atoms with Crippen LogP contribution in [0.4, 0.5) is 0 Å². The first-order chi connectivity index (χ1) is 11.0. The quantitative estimate of drug-likeness (QED) is 0.369. The van der Waals surface area contributed by atoms with Crippen molar-refractivity contribution in [1.29, 1.82) is 0 Å². The van der Waals surface area contributed by atoms with Gasteiger partial charge in [-0.3, -0.25) is 0 Å². The number of halogens is 2. The van der Waals surface area contributed by atoms with Gasteiger partial charge in [-0.05, 0) is 46.6 Å². The first-order valence-electron chi connectivity index (χ1n) is 7.57. The molecule has 0 fully saturated rings. The molecule has 0 amide bonds. The number of rotatable bonds is 5. The minimum Gasteiger partial charge on any atom is -0.508 e. The van der Waals surface area contributed by atoms with E-state index in [1.54, 1.807) is 12.1 Å². The number of guanidine groups is 1. The standard InChI is InChI=1S/C17H23BrN4O.HI/c1-4-19-17(20-10-13-5-7-16(23)8-6-13)22(3)12-15-9-14(18)11-21(15)2;/h5-9,11,23H,4,10,12H2,1-3H3,(H,19,20);1H. The molecule has 24 heavy (non-hydrogen) atoms. The smallest absolute Gasteiger partial charge is 0.194 e. The number of hydrogen-bond acceptors (Lipinski definition) is 2. The molecule has 2 aromatic rings. The van der Waals surface area contributed by atoms with E-state index in [4.69, 9.17) is 0 Å². The average molecular weight is 507 g/mol. The number of hydrogen-bond donors (Lipinski definition) is 2. The van der Waals surface area contributed by atoms with Crippen molar-refractivity contribution in [2.45, 2.75) is 20.0 Å². The molecule has 132 valence electrons. The van der Waals surface area contributed by atoms with Gasteiger partial charge in [-0.15, -0.1) is 24.0 Å². The van der Waals surface area contributed by atoms with Gasteiger partial charge in [-0.2, -0.15) is 0 Å². The van der Waals surface area contributed by atoms with Crippen LogP contribution in [-0.2, 0) is 20.1 Å². The molecule has 1 aromatic heterocycles. The highest BCUT2D eigenvalue weighted by atomic mass is 127. The summed E-state index contributed by atoms with van der Waals surface area (Å²) in [6.45, 7) is 4.21. The van der Waals surface area contributed by atoms with Crippen LogP contribution in [-0.4, -0.2) is 34.1 Å². The molecule has 7 heteroatoms. The number of nitrogens with one attached hydrogen (secondary N) is 1. The Labute approximate surface area is 168 Å². The molecule has 0 aliphatic rings. The third kappa shape index (κ3) is 6.01. The van der Waals surface area contributed by atoms with Crippen LogP contribution in [0.3, 0.4) is 0 Å². The van der Waals surface area contributed by atoms with Crippen LogP contribution in [0, 0.1) is 0 Å². The maximum absolute atomic E-state index is 9.34. The summed E-state index contributed by atoms with van der Waals surface area (Å²) < 4.78 is 3.18. The predicted molar refractivity (Wildman–Crippen MR) is 113 cm³/mol. The Balaban J connectivity index is 0.00000288. The number of aromatic hydroxyl groups is 1. The Morgan fingerprint density at radius 3 is 2.54 bits per heavy atom. The topological polar surface area (TPSA) is 52.8 Å². The van der Waals surface area contributed by atoms with Gasteiger partial charge >= 0.3 is 0 Å². The van der Waals surface area contributed by atoms with Gasteiger partial charge in [0.05, 0.1) is 13.1 Å². The first kappa shape index (κ1) is 20.8. The van der Waals surface area contributed by atoms with Gasteiger partial charge in [0.2, 0.25) is 0 Å². The Kier molecular flexibility index (Phi) is 8.61. The second-order valence-electron chi connectivity index (χ2n) is 5.45. The second-order valence-corrected chi connectivity index (χ2v) is 6.37. The van der Waals surface area contributed by atoms with Crippen LogP contribution in [0.1, 0.15) is 18.2 Å². The van der Waals surface area contributed by atoms with E-state index in [-0.39, 0.29) is 29.7 Å². The summed E-state index contributed by atoms with van der Waals surface area (Å²) in [6, 6.07) is 9.25. The lowest BCUT2D eigenvalue weighted by Crippen LogP contribution is -2.38. The summed E-state index contributed by atoms with van der Waals surface area (Å²) in [5.74, 6) is 1.13. The van der Waals surface area contributed by atoms with E-state index in [9.17, 15) is 5.11 Å². The molecule has 0 aliphatic carbocycles. The summed E-state index contributed by atoms with van der Waals surface area (Å²) in [4.78, 5) is 6.78. The molecule has 2 N–H and O–H groups in total. The van der Waals surface area contributed by atoms with E-state index < -0.39 is 0 Å². The van der Waals surface area contributed by atoms with Gasteiger partial charge in [0.25, 0.3) is 0 Å². The lowest BCUT2D eigenvalue weighted by Gasteiger charge is -2.22. The van der Waals surface area contributed by atoms with Crippen LogP contribution in [0.5, 0.6) is 5.75 Å². The summed E-state index contributed by atoms with van der Waals surface area (Å²) in [5.41, 5.74) is 2.27. The lowest BCUT2D eigenvalue weighted by molar-refractivity contribution is 0.462. The second kappa shape index (κ2) is 9.93. The molecule has 0 bridgehead atoms. The molecule has 1 aromatic carbocycles. The summed E-state index contributed by atoms with van der Waals surface area (Å²) in [5, 5.41) is 12.7. The zero-order valence-corrected chi connectivity index (χ0v) is 18.1. The Hall–Kier alpha value is -1.22. The molecular weight excluding hydrogens is 483 g/mol. The number of phenols is 1. The molecule has 0 radical (unpaired) electrons. The molecule has 0 saturated heterocycles. The van der Waals surface area contributed by atoms with E-state index in [0.717, 1.165) is 29.1 Å². The summed E-state index contributed by atoms with van der Waals surface area (Å²) in [7, 11) is 4.06. The van der Waals surface area contributed by atoms with Crippen LogP contribution in [0.15, 0.2) is 46.0 Å². The fraction of sp³-hybridized carbons (Fsp3) is 0.353. The highest BCUT2D eigenvalue weighted by molar-refractivity contribution is 14.0. The highest BCUT2D eigenvalue weighted by Crippen LogP contribution is 2.15. The highest BCUT2D eigenvalue weighted by Gasteiger charge is 2.09. The van der Waals surface area contributed by atoms with Gasteiger partial charge in [0.1, 0.15) is 5.75 Å². The SMILES string of the molecule is CCNC(=NCc1ccc(O)cc1)N(C)Cc1cc(Br)cn1C.I. The average Bonchev–Trinajstić information content (AvgIpc) is 2.82. The van der Waals surface area contributed by atoms with Gasteiger partial charge in [-0.1, -0.05) is 12.1 Å².